The quantitative estimate of drug-likeness (QED) is 0.214. The number of phenolic OH excluding ortho intramolecular Hbond substituents is 2. The SMILES string of the molecule is Cc1ccc(C2(c3ccc(O)cc3)CC(C)C(C)(C)C2)cc1.Cc1ccc(C2(c3ccc(O)cc3)CCC(C(C)(C)CC(C)(C)C)CC2)cc1. The van der Waals surface area contributed by atoms with Crippen molar-refractivity contribution < 1.29 is 10.2 Å². The third-order valence-electron chi connectivity index (χ3n) is 12.7. The van der Waals surface area contributed by atoms with Gasteiger partial charge >= 0.3 is 0 Å². The molecule has 0 bridgehead atoms. The summed E-state index contributed by atoms with van der Waals surface area (Å²) in [6.45, 7) is 23.5. The van der Waals surface area contributed by atoms with Crippen LogP contribution in [-0.4, -0.2) is 10.2 Å². The summed E-state index contributed by atoms with van der Waals surface area (Å²) in [6, 6.07) is 33.9. The maximum atomic E-state index is 9.80. The molecular weight excluding hydrogens is 609 g/mol. The highest BCUT2D eigenvalue weighted by Crippen LogP contribution is 2.57. The molecule has 4 aromatic rings. The second kappa shape index (κ2) is 14.2. The first-order valence-electron chi connectivity index (χ1n) is 19.1. The van der Waals surface area contributed by atoms with E-state index in [1.54, 1.807) is 0 Å². The Morgan fingerprint density at radius 2 is 0.940 bits per heavy atom. The van der Waals surface area contributed by atoms with Crippen LogP contribution in [0.4, 0.5) is 0 Å². The predicted octanol–water partition coefficient (Wildman–Crippen LogP) is 13.1. The van der Waals surface area contributed by atoms with Crippen molar-refractivity contribution in [3.8, 4) is 11.5 Å². The first-order valence-corrected chi connectivity index (χ1v) is 19.1. The van der Waals surface area contributed by atoms with E-state index in [9.17, 15) is 10.2 Å². The molecule has 2 aliphatic carbocycles. The van der Waals surface area contributed by atoms with Gasteiger partial charge in [0.15, 0.2) is 0 Å². The van der Waals surface area contributed by atoms with Gasteiger partial charge in [0.1, 0.15) is 11.5 Å². The molecule has 4 aromatic carbocycles. The summed E-state index contributed by atoms with van der Waals surface area (Å²) in [6.07, 6.45) is 8.46. The third kappa shape index (κ3) is 8.17. The summed E-state index contributed by atoms with van der Waals surface area (Å²) < 4.78 is 0. The van der Waals surface area contributed by atoms with Crippen molar-refractivity contribution in [3.05, 3.63) is 130 Å². The maximum absolute atomic E-state index is 9.80. The van der Waals surface area contributed by atoms with Gasteiger partial charge in [0.25, 0.3) is 0 Å². The molecule has 6 rings (SSSR count). The van der Waals surface area contributed by atoms with Gasteiger partial charge in [-0.05, 0) is 133 Å². The molecule has 0 heterocycles. The number of aryl methyl sites for hydroxylation is 2. The lowest BCUT2D eigenvalue weighted by Crippen LogP contribution is -2.38. The van der Waals surface area contributed by atoms with Crippen molar-refractivity contribution in [2.75, 3.05) is 0 Å². The van der Waals surface area contributed by atoms with Gasteiger partial charge in [-0.15, -0.1) is 0 Å². The lowest BCUT2D eigenvalue weighted by Gasteiger charge is -2.47. The van der Waals surface area contributed by atoms with Crippen LogP contribution in [0.3, 0.4) is 0 Å². The van der Waals surface area contributed by atoms with Gasteiger partial charge in [0, 0.05) is 10.8 Å². The first kappa shape index (κ1) is 37.7. The summed E-state index contributed by atoms with van der Waals surface area (Å²) in [4.78, 5) is 0. The standard InChI is InChI=1S/C27H38O.C21H26O/c1-20-7-9-22(10-8-20)27(23-11-13-24(28)14-12-23)17-15-21(16-18-27)26(5,6)19-25(2,3)4;1-15-5-7-17(8-6-15)21(13-16(2)20(3,4)14-21)18-9-11-19(22)12-10-18/h7-14,21,28H,15-19H2,1-6H3;5-12,16,22H,13-14H2,1-4H3. The van der Waals surface area contributed by atoms with Crippen LogP contribution in [0.2, 0.25) is 0 Å². The molecule has 2 heteroatoms. The van der Waals surface area contributed by atoms with E-state index >= 15 is 0 Å². The molecule has 0 saturated heterocycles. The largest absolute Gasteiger partial charge is 0.508 e. The molecule has 0 radical (unpaired) electrons. The molecule has 2 aliphatic rings. The molecule has 2 atom stereocenters. The number of hydrogen-bond donors (Lipinski definition) is 2. The summed E-state index contributed by atoms with van der Waals surface area (Å²) in [7, 11) is 0. The van der Waals surface area contributed by atoms with E-state index in [0.717, 1.165) is 18.8 Å². The molecule has 2 unspecified atom stereocenters. The molecule has 268 valence electrons. The summed E-state index contributed by atoms with van der Waals surface area (Å²) in [5, 5.41) is 19.4. The topological polar surface area (TPSA) is 40.5 Å². The van der Waals surface area contributed by atoms with Crippen LogP contribution in [0, 0.1) is 41.9 Å². The zero-order valence-corrected chi connectivity index (χ0v) is 32.7. The lowest BCUT2D eigenvalue weighted by molar-refractivity contribution is 0.0833. The number of phenols is 2. The van der Waals surface area contributed by atoms with Crippen molar-refractivity contribution >= 4 is 0 Å². The minimum absolute atomic E-state index is 0.0598. The van der Waals surface area contributed by atoms with E-state index in [1.807, 2.05) is 24.3 Å². The van der Waals surface area contributed by atoms with Crippen LogP contribution in [0.5, 0.6) is 11.5 Å². The van der Waals surface area contributed by atoms with E-state index in [4.69, 9.17) is 0 Å². The monoisotopic (exact) mass is 672 g/mol. The fourth-order valence-corrected chi connectivity index (χ4v) is 9.88. The van der Waals surface area contributed by atoms with Gasteiger partial charge in [-0.25, -0.2) is 0 Å². The maximum Gasteiger partial charge on any atom is 0.115 e. The van der Waals surface area contributed by atoms with Gasteiger partial charge < -0.3 is 10.2 Å². The van der Waals surface area contributed by atoms with Gasteiger partial charge in [-0.2, -0.15) is 0 Å². The molecule has 2 saturated carbocycles. The Labute approximate surface area is 304 Å². The van der Waals surface area contributed by atoms with Crippen molar-refractivity contribution in [1.82, 2.24) is 0 Å². The van der Waals surface area contributed by atoms with E-state index in [-0.39, 0.29) is 10.8 Å². The highest BCUT2D eigenvalue weighted by atomic mass is 16.3. The number of hydrogen-bond acceptors (Lipinski definition) is 2. The van der Waals surface area contributed by atoms with E-state index < -0.39 is 0 Å². The molecule has 2 fully saturated rings. The second-order valence-corrected chi connectivity index (χ2v) is 18.8. The average Bonchev–Trinajstić information content (AvgIpc) is 3.30. The van der Waals surface area contributed by atoms with Crippen LogP contribution in [0.25, 0.3) is 0 Å². The van der Waals surface area contributed by atoms with E-state index in [2.05, 4.69) is 142 Å². The second-order valence-electron chi connectivity index (χ2n) is 18.8. The highest BCUT2D eigenvalue weighted by molar-refractivity contribution is 5.45. The minimum atomic E-state index is 0.0598. The molecule has 50 heavy (non-hydrogen) atoms. The fraction of sp³-hybridized carbons (Fsp3) is 0.500. The third-order valence-corrected chi connectivity index (χ3v) is 12.7. The Morgan fingerprint density at radius 1 is 0.580 bits per heavy atom. The normalized spacial score (nSPS) is 25.1. The Hall–Kier alpha value is -3.52. The molecule has 0 amide bonds. The zero-order chi connectivity index (χ0) is 36.5. The number of rotatable bonds is 6. The summed E-state index contributed by atoms with van der Waals surface area (Å²) >= 11 is 0. The highest BCUT2D eigenvalue weighted by Gasteiger charge is 2.49. The fourth-order valence-electron chi connectivity index (χ4n) is 9.88. The van der Waals surface area contributed by atoms with Crippen molar-refractivity contribution in [1.29, 1.82) is 0 Å². The minimum Gasteiger partial charge on any atom is -0.508 e. The van der Waals surface area contributed by atoms with Crippen molar-refractivity contribution in [2.24, 2.45) is 28.1 Å². The van der Waals surface area contributed by atoms with Crippen LogP contribution in [0.1, 0.15) is 134 Å². The van der Waals surface area contributed by atoms with Gasteiger partial charge in [-0.1, -0.05) is 139 Å². The first-order chi connectivity index (χ1) is 23.4. The number of aromatic hydroxyl groups is 2. The molecule has 2 N–H and O–H groups in total. The van der Waals surface area contributed by atoms with Crippen LogP contribution >= 0.6 is 0 Å². The van der Waals surface area contributed by atoms with Gasteiger partial charge in [-0.3, -0.25) is 0 Å². The Balaban J connectivity index is 0.000000200. The molecule has 0 aromatic heterocycles. The zero-order valence-electron chi connectivity index (χ0n) is 32.7. The van der Waals surface area contributed by atoms with Crippen molar-refractivity contribution in [2.45, 2.75) is 125 Å². The Kier molecular flexibility index (Phi) is 10.7. The van der Waals surface area contributed by atoms with Crippen molar-refractivity contribution in [3.63, 3.8) is 0 Å². The molecule has 2 nitrogen and oxygen atoms in total. The summed E-state index contributed by atoms with van der Waals surface area (Å²) in [5.74, 6) is 2.13. The van der Waals surface area contributed by atoms with E-state index in [0.29, 0.717) is 33.7 Å². The van der Waals surface area contributed by atoms with Crippen LogP contribution in [-0.2, 0) is 10.8 Å². The average molecular weight is 673 g/mol. The number of benzene rings is 4. The predicted molar refractivity (Wildman–Crippen MR) is 212 cm³/mol. The lowest BCUT2D eigenvalue weighted by atomic mass is 9.57. The molecule has 0 aliphatic heterocycles. The van der Waals surface area contributed by atoms with Gasteiger partial charge in [0.2, 0.25) is 0 Å². The Morgan fingerprint density at radius 3 is 1.28 bits per heavy atom. The van der Waals surface area contributed by atoms with E-state index in [1.165, 1.54) is 65.5 Å². The van der Waals surface area contributed by atoms with Crippen LogP contribution < -0.4 is 0 Å². The molecule has 0 spiro atoms. The van der Waals surface area contributed by atoms with Crippen LogP contribution in [0.15, 0.2) is 97.1 Å². The molecular formula is C48H64O2. The Bertz CT molecular complexity index is 1580. The van der Waals surface area contributed by atoms with Gasteiger partial charge in [0.05, 0.1) is 0 Å². The smallest absolute Gasteiger partial charge is 0.115 e. The summed E-state index contributed by atoms with van der Waals surface area (Å²) in [5.41, 5.74) is 9.30.